The van der Waals surface area contributed by atoms with Crippen LogP contribution in [0.4, 0.5) is 0 Å². The van der Waals surface area contributed by atoms with Crippen molar-refractivity contribution in [3.05, 3.63) is 37.5 Å². The van der Waals surface area contributed by atoms with Crippen LogP contribution >= 0.6 is 0 Å². The fourth-order valence-electron chi connectivity index (χ4n) is 1.61. The summed E-state index contributed by atoms with van der Waals surface area (Å²) in [5.74, 6) is 0. The molecule has 1 aliphatic rings. The highest BCUT2D eigenvalue weighted by Gasteiger charge is 2.12. The topological polar surface area (TPSA) is 23.6 Å². The molecule has 17 heavy (non-hydrogen) atoms. The fourth-order valence-corrected chi connectivity index (χ4v) is 1.61. The lowest BCUT2D eigenvalue weighted by atomic mass is 10.2. The van der Waals surface area contributed by atoms with Crippen molar-refractivity contribution >= 4 is 6.41 Å². The summed E-state index contributed by atoms with van der Waals surface area (Å²) in [5, 5.41) is 0. The van der Waals surface area contributed by atoms with Crippen LogP contribution in [0.3, 0.4) is 0 Å². The zero-order valence-corrected chi connectivity index (χ0v) is 10.9. The van der Waals surface area contributed by atoms with E-state index in [4.69, 9.17) is 0 Å². The molecular formula is C14H24N2O. The second kappa shape index (κ2) is 9.85. The summed E-state index contributed by atoms with van der Waals surface area (Å²) in [6.45, 7) is 17.4. The highest BCUT2D eigenvalue weighted by atomic mass is 16.1. The summed E-state index contributed by atoms with van der Waals surface area (Å²) in [7, 11) is 0. The van der Waals surface area contributed by atoms with E-state index in [9.17, 15) is 4.79 Å². The minimum atomic E-state index is 0.827. The molecule has 0 aromatic heterocycles. The highest BCUT2D eigenvalue weighted by molar-refractivity contribution is 5.46. The quantitative estimate of drug-likeness (QED) is 0.424. The lowest BCUT2D eigenvalue weighted by Crippen LogP contribution is -2.31. The summed E-state index contributed by atoms with van der Waals surface area (Å²) >= 11 is 0. The van der Waals surface area contributed by atoms with Crippen molar-refractivity contribution in [3.63, 3.8) is 0 Å². The molecule has 0 atom stereocenters. The highest BCUT2D eigenvalue weighted by Crippen LogP contribution is 2.04. The first-order chi connectivity index (χ1) is 8.17. The number of amides is 1. The predicted octanol–water partition coefficient (Wildman–Crippen LogP) is 2.08. The Kier molecular flexibility index (Phi) is 9.06. The van der Waals surface area contributed by atoms with Crippen LogP contribution < -0.4 is 0 Å². The van der Waals surface area contributed by atoms with Gasteiger partial charge in [0.1, 0.15) is 0 Å². The van der Waals surface area contributed by atoms with Crippen LogP contribution in [0.5, 0.6) is 0 Å². The molecular weight excluding hydrogens is 212 g/mol. The Balaban J connectivity index is 0.000000770. The summed E-state index contributed by atoms with van der Waals surface area (Å²) in [4.78, 5) is 14.7. The second-order valence-electron chi connectivity index (χ2n) is 4.04. The zero-order valence-electron chi connectivity index (χ0n) is 10.9. The average Bonchev–Trinajstić information content (AvgIpc) is 2.55. The minimum absolute atomic E-state index is 0.827. The maximum absolute atomic E-state index is 10.6. The molecule has 1 saturated heterocycles. The fraction of sp³-hybridized carbons (Fsp3) is 0.500. The molecule has 0 N–H and O–H groups in total. The third kappa shape index (κ3) is 7.53. The van der Waals surface area contributed by atoms with Gasteiger partial charge in [-0.05, 0) is 18.9 Å². The van der Waals surface area contributed by atoms with Gasteiger partial charge in [-0.15, -0.1) is 6.58 Å². The van der Waals surface area contributed by atoms with Crippen molar-refractivity contribution in [1.82, 2.24) is 9.80 Å². The standard InChI is InChI=1S/C11H18N2O.C3H6/c1-3-11(2)9-12-5-4-6-13(10-14)8-7-12;1-3-2/h3,10H,1-2,4-9H2;3H,1H2,2H3. The molecule has 3 heteroatoms. The van der Waals surface area contributed by atoms with E-state index in [0.717, 1.165) is 51.1 Å². The lowest BCUT2D eigenvalue weighted by molar-refractivity contribution is -0.118. The van der Waals surface area contributed by atoms with E-state index in [1.54, 1.807) is 12.2 Å². The van der Waals surface area contributed by atoms with E-state index in [-0.39, 0.29) is 0 Å². The third-order valence-corrected chi connectivity index (χ3v) is 2.49. The molecule has 0 aromatic carbocycles. The summed E-state index contributed by atoms with van der Waals surface area (Å²) in [5.41, 5.74) is 1.05. The number of hydrogen-bond acceptors (Lipinski definition) is 2. The van der Waals surface area contributed by atoms with Crippen molar-refractivity contribution in [2.75, 3.05) is 32.7 Å². The van der Waals surface area contributed by atoms with Gasteiger partial charge in [0.2, 0.25) is 6.41 Å². The number of nitrogens with zero attached hydrogens (tertiary/aromatic N) is 2. The zero-order chi connectivity index (χ0) is 13.1. The van der Waals surface area contributed by atoms with E-state index in [0.29, 0.717) is 0 Å². The summed E-state index contributed by atoms with van der Waals surface area (Å²) in [6, 6.07) is 0. The Morgan fingerprint density at radius 2 is 1.88 bits per heavy atom. The van der Waals surface area contributed by atoms with Gasteiger partial charge in [0.25, 0.3) is 0 Å². The molecule has 96 valence electrons. The Morgan fingerprint density at radius 3 is 2.41 bits per heavy atom. The SMILES string of the molecule is C=CC.C=CC(=C)CN1CCCN(C=O)CC1. The summed E-state index contributed by atoms with van der Waals surface area (Å²) in [6.07, 6.45) is 5.53. The molecule has 0 radical (unpaired) electrons. The third-order valence-electron chi connectivity index (χ3n) is 2.49. The van der Waals surface area contributed by atoms with Gasteiger partial charge in [-0.1, -0.05) is 25.3 Å². The van der Waals surface area contributed by atoms with E-state index >= 15 is 0 Å². The predicted molar refractivity (Wildman–Crippen MR) is 73.9 cm³/mol. The number of hydrogen-bond donors (Lipinski definition) is 0. The second-order valence-corrected chi connectivity index (χ2v) is 4.04. The molecule has 0 aliphatic carbocycles. The van der Waals surface area contributed by atoms with Crippen molar-refractivity contribution in [2.45, 2.75) is 13.3 Å². The maximum Gasteiger partial charge on any atom is 0.209 e. The number of rotatable bonds is 4. The Hall–Kier alpha value is -1.35. The van der Waals surface area contributed by atoms with E-state index in [2.05, 4.69) is 24.6 Å². The van der Waals surface area contributed by atoms with Gasteiger partial charge >= 0.3 is 0 Å². The molecule has 0 aromatic rings. The van der Waals surface area contributed by atoms with Crippen LogP contribution in [0.15, 0.2) is 37.5 Å². The number of carbonyl (C=O) groups is 1. The Bertz CT molecular complexity index is 261. The number of allylic oxidation sites excluding steroid dienone is 1. The molecule has 1 rings (SSSR count). The molecule has 0 bridgehead atoms. The van der Waals surface area contributed by atoms with Gasteiger partial charge in [0.05, 0.1) is 0 Å². The van der Waals surface area contributed by atoms with Crippen molar-refractivity contribution in [3.8, 4) is 0 Å². The number of carbonyl (C=O) groups excluding carboxylic acids is 1. The summed E-state index contributed by atoms with van der Waals surface area (Å²) < 4.78 is 0. The van der Waals surface area contributed by atoms with Crippen LogP contribution in [0.2, 0.25) is 0 Å². The largest absolute Gasteiger partial charge is 0.344 e. The molecule has 1 amide bonds. The van der Waals surface area contributed by atoms with Gasteiger partial charge in [0, 0.05) is 32.7 Å². The van der Waals surface area contributed by atoms with E-state index in [1.807, 2.05) is 11.8 Å². The molecule has 0 unspecified atom stereocenters. The van der Waals surface area contributed by atoms with Crippen LogP contribution in [0, 0.1) is 0 Å². The Labute approximate surface area is 105 Å². The molecule has 1 aliphatic heterocycles. The molecule has 1 heterocycles. The van der Waals surface area contributed by atoms with E-state index < -0.39 is 0 Å². The van der Waals surface area contributed by atoms with Gasteiger partial charge in [-0.25, -0.2) is 0 Å². The van der Waals surface area contributed by atoms with Crippen molar-refractivity contribution < 1.29 is 4.79 Å². The first kappa shape index (κ1) is 15.7. The molecule has 3 nitrogen and oxygen atoms in total. The molecule has 0 saturated carbocycles. The molecule has 0 spiro atoms. The monoisotopic (exact) mass is 236 g/mol. The first-order valence-corrected chi connectivity index (χ1v) is 5.96. The van der Waals surface area contributed by atoms with Crippen LogP contribution in [-0.4, -0.2) is 48.9 Å². The maximum atomic E-state index is 10.6. The van der Waals surface area contributed by atoms with Crippen LogP contribution in [0.25, 0.3) is 0 Å². The lowest BCUT2D eigenvalue weighted by Gasteiger charge is -2.19. The van der Waals surface area contributed by atoms with Crippen LogP contribution in [-0.2, 0) is 4.79 Å². The normalized spacial score (nSPS) is 16.2. The van der Waals surface area contributed by atoms with Crippen LogP contribution in [0.1, 0.15) is 13.3 Å². The van der Waals surface area contributed by atoms with Gasteiger partial charge in [-0.2, -0.15) is 0 Å². The van der Waals surface area contributed by atoms with E-state index in [1.165, 1.54) is 0 Å². The first-order valence-electron chi connectivity index (χ1n) is 5.96. The van der Waals surface area contributed by atoms with Crippen molar-refractivity contribution in [1.29, 1.82) is 0 Å². The minimum Gasteiger partial charge on any atom is -0.344 e. The van der Waals surface area contributed by atoms with Gasteiger partial charge in [-0.3, -0.25) is 9.69 Å². The molecule has 1 fully saturated rings. The Morgan fingerprint density at radius 1 is 1.24 bits per heavy atom. The average molecular weight is 236 g/mol. The van der Waals surface area contributed by atoms with Gasteiger partial charge in [0.15, 0.2) is 0 Å². The van der Waals surface area contributed by atoms with Crippen molar-refractivity contribution in [2.24, 2.45) is 0 Å². The van der Waals surface area contributed by atoms with Gasteiger partial charge < -0.3 is 4.90 Å². The smallest absolute Gasteiger partial charge is 0.209 e.